The minimum atomic E-state index is -4.88. The van der Waals surface area contributed by atoms with E-state index in [1.807, 2.05) is 0 Å². The molecule has 4 rings (SSSR count). The highest BCUT2D eigenvalue weighted by Gasteiger charge is 2.37. The van der Waals surface area contributed by atoms with Gasteiger partial charge in [0.25, 0.3) is 11.9 Å². The summed E-state index contributed by atoms with van der Waals surface area (Å²) in [6.07, 6.45) is -4.26. The van der Waals surface area contributed by atoms with Crippen molar-refractivity contribution in [2.45, 2.75) is 32.2 Å². The van der Waals surface area contributed by atoms with Gasteiger partial charge in [0.05, 0.1) is 7.11 Å². The molecule has 11 nitrogen and oxygen atoms in total. The van der Waals surface area contributed by atoms with E-state index in [-0.39, 0.29) is 43.4 Å². The Labute approximate surface area is 208 Å². The largest absolute Gasteiger partial charge is 0.573 e. The summed E-state index contributed by atoms with van der Waals surface area (Å²) in [5, 5.41) is 12.2. The highest BCUT2D eigenvalue weighted by atomic mass is 19.4. The van der Waals surface area contributed by atoms with E-state index in [2.05, 4.69) is 15.0 Å². The number of nitrogens with one attached hydrogen (secondary N) is 1. The standard InChI is InChI=1S/C23H24F3N5O6/c1-29-19-18(20(33)30(22(29)34)9-4-10-32)31(13-14-7-8-27-17(11-14)35-2)21(28-19)36-15-5-3-6-16(12-15)37-23(24,25)26/h3,5-8,11-12,21,28,32H,4,9-10,13H2,1-2H3. The molecular formula is C23H24F3N5O6. The number of aromatic nitrogens is 3. The minimum Gasteiger partial charge on any atom is -0.481 e. The third-order valence-electron chi connectivity index (χ3n) is 5.54. The summed E-state index contributed by atoms with van der Waals surface area (Å²) in [6, 6.07) is 8.29. The van der Waals surface area contributed by atoms with Gasteiger partial charge in [-0.15, -0.1) is 13.2 Å². The van der Waals surface area contributed by atoms with E-state index in [9.17, 15) is 27.9 Å². The summed E-state index contributed by atoms with van der Waals surface area (Å²) < 4.78 is 55.4. The molecule has 2 N–H and O–H groups in total. The van der Waals surface area contributed by atoms with Gasteiger partial charge in [-0.25, -0.2) is 9.78 Å². The van der Waals surface area contributed by atoms with Gasteiger partial charge >= 0.3 is 12.1 Å². The van der Waals surface area contributed by atoms with Gasteiger partial charge < -0.3 is 29.5 Å². The van der Waals surface area contributed by atoms with E-state index >= 15 is 0 Å². The van der Waals surface area contributed by atoms with Crippen molar-refractivity contribution in [1.29, 1.82) is 0 Å². The van der Waals surface area contributed by atoms with E-state index in [1.165, 1.54) is 37.1 Å². The fourth-order valence-corrected chi connectivity index (χ4v) is 3.90. The summed E-state index contributed by atoms with van der Waals surface area (Å²) >= 11 is 0. The maximum atomic E-state index is 13.4. The van der Waals surface area contributed by atoms with E-state index in [1.54, 1.807) is 17.0 Å². The van der Waals surface area contributed by atoms with E-state index in [0.717, 1.165) is 16.7 Å². The molecule has 3 heterocycles. The van der Waals surface area contributed by atoms with E-state index in [4.69, 9.17) is 9.47 Å². The van der Waals surface area contributed by atoms with Crippen LogP contribution in [0.5, 0.6) is 17.4 Å². The quantitative estimate of drug-likeness (QED) is 0.434. The molecule has 0 spiro atoms. The fraction of sp³-hybridized carbons (Fsp3) is 0.348. The van der Waals surface area contributed by atoms with Crippen molar-refractivity contribution < 1.29 is 32.5 Å². The average Bonchev–Trinajstić information content (AvgIpc) is 3.20. The Kier molecular flexibility index (Phi) is 7.29. The lowest BCUT2D eigenvalue weighted by atomic mass is 10.2. The zero-order chi connectivity index (χ0) is 26.7. The highest BCUT2D eigenvalue weighted by molar-refractivity contribution is 5.71. The Morgan fingerprint density at radius 1 is 1.16 bits per heavy atom. The van der Waals surface area contributed by atoms with Crippen molar-refractivity contribution in [3.05, 3.63) is 69.0 Å². The van der Waals surface area contributed by atoms with Gasteiger partial charge in [0.1, 0.15) is 23.0 Å². The predicted octanol–water partition coefficient (Wildman–Crippen LogP) is 2.03. The molecule has 0 aliphatic carbocycles. The molecule has 1 aliphatic rings. The lowest BCUT2D eigenvalue weighted by molar-refractivity contribution is -0.274. The monoisotopic (exact) mass is 523 g/mol. The summed E-state index contributed by atoms with van der Waals surface area (Å²) in [5.41, 5.74) is -0.417. The van der Waals surface area contributed by atoms with Crippen molar-refractivity contribution in [3.63, 3.8) is 0 Å². The molecule has 198 valence electrons. The van der Waals surface area contributed by atoms with Crippen LogP contribution in [0.15, 0.2) is 52.2 Å². The van der Waals surface area contributed by atoms with Crippen LogP contribution in [0.25, 0.3) is 0 Å². The Balaban J connectivity index is 1.75. The van der Waals surface area contributed by atoms with E-state index in [0.29, 0.717) is 11.4 Å². The number of nitrogens with zero attached hydrogens (tertiary/aromatic N) is 4. The number of ether oxygens (including phenoxy) is 3. The summed E-state index contributed by atoms with van der Waals surface area (Å²) in [6.45, 7) is -0.127. The molecule has 1 unspecified atom stereocenters. The van der Waals surface area contributed by atoms with Crippen LogP contribution in [0.1, 0.15) is 12.0 Å². The number of rotatable bonds is 9. The van der Waals surface area contributed by atoms with E-state index < -0.39 is 29.7 Å². The molecule has 0 saturated carbocycles. The number of hydrogen-bond donors (Lipinski definition) is 2. The number of hydrogen-bond acceptors (Lipinski definition) is 9. The van der Waals surface area contributed by atoms with Crippen molar-refractivity contribution in [1.82, 2.24) is 14.1 Å². The third-order valence-corrected chi connectivity index (χ3v) is 5.54. The Morgan fingerprint density at radius 3 is 2.62 bits per heavy atom. The Hall–Kier alpha value is -4.20. The summed E-state index contributed by atoms with van der Waals surface area (Å²) in [4.78, 5) is 31.9. The van der Waals surface area contributed by atoms with Gasteiger partial charge in [-0.05, 0) is 30.2 Å². The highest BCUT2D eigenvalue weighted by Crippen LogP contribution is 2.34. The number of benzene rings is 1. The molecule has 0 amide bonds. The zero-order valence-corrected chi connectivity index (χ0v) is 19.9. The van der Waals surface area contributed by atoms with Crippen LogP contribution in [0.2, 0.25) is 0 Å². The minimum absolute atomic E-state index is 0.00540. The maximum absolute atomic E-state index is 13.4. The van der Waals surface area contributed by atoms with Crippen LogP contribution in [-0.4, -0.2) is 45.7 Å². The number of halogens is 3. The normalized spacial score (nSPS) is 14.8. The number of methoxy groups -OCH3 is 1. The SMILES string of the molecule is COc1cc(CN2c3c(n(C)c(=O)n(CCCO)c3=O)NC2Oc2cccc(OC(F)(F)F)c2)ccn1. The molecule has 0 saturated heterocycles. The maximum Gasteiger partial charge on any atom is 0.573 e. The van der Waals surface area contributed by atoms with Gasteiger partial charge in [0, 0.05) is 45.1 Å². The van der Waals surface area contributed by atoms with Crippen LogP contribution < -0.4 is 35.7 Å². The predicted molar refractivity (Wildman–Crippen MR) is 126 cm³/mol. The van der Waals surface area contributed by atoms with Crippen LogP contribution in [-0.2, 0) is 20.1 Å². The van der Waals surface area contributed by atoms with Crippen molar-refractivity contribution in [2.24, 2.45) is 7.05 Å². The fourth-order valence-electron chi connectivity index (χ4n) is 3.90. The zero-order valence-electron chi connectivity index (χ0n) is 19.9. The number of fused-ring (bicyclic) bond motifs is 1. The molecule has 2 aromatic heterocycles. The molecule has 0 radical (unpaired) electrons. The first kappa shape index (κ1) is 25.9. The second-order valence-corrected chi connectivity index (χ2v) is 8.04. The number of aliphatic hydroxyl groups excluding tert-OH is 1. The second kappa shape index (κ2) is 10.4. The summed E-state index contributed by atoms with van der Waals surface area (Å²) in [5.74, 6) is 0.0452. The molecule has 14 heteroatoms. The molecule has 3 aromatic rings. The molecular weight excluding hydrogens is 499 g/mol. The van der Waals surface area contributed by atoms with Crippen LogP contribution in [0, 0.1) is 0 Å². The van der Waals surface area contributed by atoms with Crippen molar-refractivity contribution in [2.75, 3.05) is 23.9 Å². The topological polar surface area (TPSA) is 120 Å². The third kappa shape index (κ3) is 5.63. The van der Waals surface area contributed by atoms with Gasteiger partial charge in [0.2, 0.25) is 5.88 Å². The lowest BCUT2D eigenvalue weighted by Gasteiger charge is -2.27. The molecule has 37 heavy (non-hydrogen) atoms. The lowest BCUT2D eigenvalue weighted by Crippen LogP contribution is -2.43. The van der Waals surface area contributed by atoms with Crippen molar-refractivity contribution >= 4 is 11.5 Å². The Bertz CT molecular complexity index is 1390. The molecule has 1 aromatic carbocycles. The van der Waals surface area contributed by atoms with Gasteiger partial charge in [0.15, 0.2) is 0 Å². The number of pyridine rings is 1. The second-order valence-electron chi connectivity index (χ2n) is 8.04. The van der Waals surface area contributed by atoms with Crippen LogP contribution in [0.3, 0.4) is 0 Å². The van der Waals surface area contributed by atoms with Crippen molar-refractivity contribution in [3.8, 4) is 17.4 Å². The number of anilines is 2. The smallest absolute Gasteiger partial charge is 0.481 e. The molecule has 0 fully saturated rings. The first-order valence-electron chi connectivity index (χ1n) is 11.1. The molecule has 0 bridgehead atoms. The van der Waals surface area contributed by atoms with Gasteiger partial charge in [-0.1, -0.05) is 6.07 Å². The molecule has 1 aliphatic heterocycles. The van der Waals surface area contributed by atoms with Gasteiger partial charge in [-0.2, -0.15) is 0 Å². The number of aliphatic hydroxyl groups is 1. The van der Waals surface area contributed by atoms with Crippen LogP contribution in [0.4, 0.5) is 24.7 Å². The Morgan fingerprint density at radius 2 is 1.92 bits per heavy atom. The number of alkyl halides is 3. The summed E-state index contributed by atoms with van der Waals surface area (Å²) in [7, 11) is 2.92. The average molecular weight is 523 g/mol. The molecule has 1 atom stereocenters. The first-order valence-corrected chi connectivity index (χ1v) is 11.1. The van der Waals surface area contributed by atoms with Gasteiger partial charge in [-0.3, -0.25) is 13.9 Å². The first-order chi connectivity index (χ1) is 17.6. The van der Waals surface area contributed by atoms with Crippen LogP contribution >= 0.6 is 0 Å².